The lowest BCUT2D eigenvalue weighted by molar-refractivity contribution is 0.208. The molecule has 1 heterocycles. The largest absolute Gasteiger partial charge is 0.491 e. The van der Waals surface area contributed by atoms with Crippen LogP contribution in [0.1, 0.15) is 6.92 Å². The first-order valence-corrected chi connectivity index (χ1v) is 8.62. The Morgan fingerprint density at radius 1 is 1.12 bits per heavy atom. The SMILES string of the molecule is CC1CN(CCOc2cccc3ccccc23)c2cc(N)ccc2O1. The van der Waals surface area contributed by atoms with Crippen molar-refractivity contribution >= 4 is 22.1 Å². The highest BCUT2D eigenvalue weighted by atomic mass is 16.5. The van der Waals surface area contributed by atoms with E-state index in [-0.39, 0.29) is 6.10 Å². The lowest BCUT2D eigenvalue weighted by Crippen LogP contribution is -2.40. The number of fused-ring (bicyclic) bond motifs is 2. The Balaban J connectivity index is 1.49. The Morgan fingerprint density at radius 3 is 2.88 bits per heavy atom. The molecule has 1 aliphatic rings. The Bertz CT molecular complexity index is 889. The molecule has 0 radical (unpaired) electrons. The number of nitrogens with two attached hydrogens (primary N) is 1. The molecule has 2 N–H and O–H groups in total. The topological polar surface area (TPSA) is 47.7 Å². The van der Waals surface area contributed by atoms with Gasteiger partial charge < -0.3 is 20.1 Å². The van der Waals surface area contributed by atoms with Gasteiger partial charge in [0.1, 0.15) is 24.2 Å². The molecule has 4 nitrogen and oxygen atoms in total. The number of nitrogen functional groups attached to an aromatic ring is 1. The van der Waals surface area contributed by atoms with Crippen LogP contribution in [0.15, 0.2) is 60.7 Å². The second-order valence-electron chi connectivity index (χ2n) is 6.43. The number of ether oxygens (including phenoxy) is 2. The Kier molecular flexibility index (Phi) is 4.10. The van der Waals surface area contributed by atoms with Gasteiger partial charge in [-0.25, -0.2) is 0 Å². The fraction of sp³-hybridized carbons (Fsp3) is 0.238. The summed E-state index contributed by atoms with van der Waals surface area (Å²) in [7, 11) is 0. The molecular weight excluding hydrogens is 312 g/mol. The van der Waals surface area contributed by atoms with E-state index in [0.717, 1.165) is 41.3 Å². The van der Waals surface area contributed by atoms with E-state index in [4.69, 9.17) is 15.2 Å². The molecule has 128 valence electrons. The highest BCUT2D eigenvalue weighted by molar-refractivity contribution is 5.88. The normalized spacial score (nSPS) is 16.4. The molecule has 25 heavy (non-hydrogen) atoms. The quantitative estimate of drug-likeness (QED) is 0.730. The standard InChI is InChI=1S/C21H22N2O2/c1-15-14-23(19-13-17(22)9-10-21(19)25-15)11-12-24-20-8-4-6-16-5-2-3-7-18(16)20/h2-10,13,15H,11-12,14,22H2,1H3. The summed E-state index contributed by atoms with van der Waals surface area (Å²) in [6.45, 7) is 4.30. The highest BCUT2D eigenvalue weighted by Gasteiger charge is 2.22. The summed E-state index contributed by atoms with van der Waals surface area (Å²) in [5.74, 6) is 1.81. The summed E-state index contributed by atoms with van der Waals surface area (Å²) < 4.78 is 12.0. The molecule has 0 bridgehead atoms. The van der Waals surface area contributed by atoms with E-state index < -0.39 is 0 Å². The highest BCUT2D eigenvalue weighted by Crippen LogP contribution is 2.35. The number of benzene rings is 3. The maximum Gasteiger partial charge on any atom is 0.143 e. The Hall–Kier alpha value is -2.88. The minimum Gasteiger partial charge on any atom is -0.491 e. The van der Waals surface area contributed by atoms with Crippen LogP contribution in [0.3, 0.4) is 0 Å². The summed E-state index contributed by atoms with van der Waals surface area (Å²) in [4.78, 5) is 2.28. The van der Waals surface area contributed by atoms with Crippen molar-refractivity contribution in [2.24, 2.45) is 0 Å². The molecule has 0 spiro atoms. The van der Waals surface area contributed by atoms with Crippen molar-refractivity contribution in [3.05, 3.63) is 60.7 Å². The predicted molar refractivity (Wildman–Crippen MR) is 103 cm³/mol. The van der Waals surface area contributed by atoms with Gasteiger partial charge >= 0.3 is 0 Å². The van der Waals surface area contributed by atoms with Crippen molar-refractivity contribution < 1.29 is 9.47 Å². The molecule has 1 aliphatic heterocycles. The Labute approximate surface area is 147 Å². The molecule has 1 unspecified atom stereocenters. The first kappa shape index (κ1) is 15.6. The maximum absolute atomic E-state index is 6.09. The van der Waals surface area contributed by atoms with Crippen molar-refractivity contribution in [3.63, 3.8) is 0 Å². The first-order chi connectivity index (χ1) is 12.2. The Morgan fingerprint density at radius 2 is 1.96 bits per heavy atom. The van der Waals surface area contributed by atoms with Gasteiger partial charge in [0.15, 0.2) is 0 Å². The molecule has 3 aromatic carbocycles. The van der Waals surface area contributed by atoms with Gasteiger partial charge in [0.25, 0.3) is 0 Å². The predicted octanol–water partition coefficient (Wildman–Crippen LogP) is 4.09. The van der Waals surface area contributed by atoms with Crippen molar-refractivity contribution in [2.75, 3.05) is 30.3 Å². The third-order valence-corrected chi connectivity index (χ3v) is 4.50. The zero-order valence-electron chi connectivity index (χ0n) is 14.3. The van der Waals surface area contributed by atoms with E-state index in [0.29, 0.717) is 6.61 Å². The van der Waals surface area contributed by atoms with Gasteiger partial charge in [0.05, 0.1) is 18.8 Å². The lowest BCUT2D eigenvalue weighted by Gasteiger charge is -2.35. The molecular formula is C21H22N2O2. The number of hydrogen-bond acceptors (Lipinski definition) is 4. The van der Waals surface area contributed by atoms with Gasteiger partial charge in [-0.1, -0.05) is 36.4 Å². The summed E-state index contributed by atoms with van der Waals surface area (Å²) in [6, 6.07) is 20.2. The molecule has 4 heteroatoms. The van der Waals surface area contributed by atoms with Gasteiger partial charge in [-0.3, -0.25) is 0 Å². The number of anilines is 2. The van der Waals surface area contributed by atoms with Crippen molar-refractivity contribution in [2.45, 2.75) is 13.0 Å². The summed E-state index contributed by atoms with van der Waals surface area (Å²) >= 11 is 0. The zero-order chi connectivity index (χ0) is 17.2. The van der Waals surface area contributed by atoms with Gasteiger partial charge in [-0.15, -0.1) is 0 Å². The van der Waals surface area contributed by atoms with Crippen LogP contribution >= 0.6 is 0 Å². The molecule has 0 saturated heterocycles. The third kappa shape index (κ3) is 3.20. The van der Waals surface area contributed by atoms with E-state index in [1.807, 2.05) is 42.5 Å². The zero-order valence-corrected chi connectivity index (χ0v) is 14.3. The van der Waals surface area contributed by atoms with Gasteiger partial charge in [0, 0.05) is 11.1 Å². The van der Waals surface area contributed by atoms with E-state index >= 15 is 0 Å². The fourth-order valence-electron chi connectivity index (χ4n) is 3.34. The second-order valence-corrected chi connectivity index (χ2v) is 6.43. The van der Waals surface area contributed by atoms with Crippen LogP contribution in [0.5, 0.6) is 11.5 Å². The minimum atomic E-state index is 0.147. The van der Waals surface area contributed by atoms with Crippen LogP contribution in [0.2, 0.25) is 0 Å². The third-order valence-electron chi connectivity index (χ3n) is 4.50. The number of nitrogens with zero attached hydrogens (tertiary/aromatic N) is 1. The lowest BCUT2D eigenvalue weighted by atomic mass is 10.1. The summed E-state index contributed by atoms with van der Waals surface area (Å²) in [6.07, 6.45) is 0.147. The number of hydrogen-bond donors (Lipinski definition) is 1. The maximum atomic E-state index is 6.09. The molecule has 0 fully saturated rings. The fourth-order valence-corrected chi connectivity index (χ4v) is 3.34. The minimum absolute atomic E-state index is 0.147. The molecule has 3 aromatic rings. The molecule has 0 saturated carbocycles. The molecule has 4 rings (SSSR count). The van der Waals surface area contributed by atoms with E-state index in [1.54, 1.807) is 0 Å². The first-order valence-electron chi connectivity index (χ1n) is 8.62. The van der Waals surface area contributed by atoms with Crippen molar-refractivity contribution in [1.82, 2.24) is 0 Å². The van der Waals surface area contributed by atoms with Gasteiger partial charge in [-0.2, -0.15) is 0 Å². The van der Waals surface area contributed by atoms with E-state index in [9.17, 15) is 0 Å². The molecule has 0 aliphatic carbocycles. The average molecular weight is 334 g/mol. The van der Waals surface area contributed by atoms with E-state index in [1.165, 1.54) is 5.39 Å². The van der Waals surface area contributed by atoms with Crippen LogP contribution < -0.4 is 20.1 Å². The number of rotatable bonds is 4. The van der Waals surface area contributed by atoms with Crippen LogP contribution in [0.25, 0.3) is 10.8 Å². The van der Waals surface area contributed by atoms with Crippen molar-refractivity contribution in [1.29, 1.82) is 0 Å². The van der Waals surface area contributed by atoms with Gasteiger partial charge in [0.2, 0.25) is 0 Å². The molecule has 1 atom stereocenters. The summed E-state index contributed by atoms with van der Waals surface area (Å²) in [5.41, 5.74) is 7.74. The second kappa shape index (κ2) is 6.55. The van der Waals surface area contributed by atoms with Gasteiger partial charge in [-0.05, 0) is 36.6 Å². The average Bonchev–Trinajstić information content (AvgIpc) is 2.62. The van der Waals surface area contributed by atoms with Crippen LogP contribution in [-0.2, 0) is 0 Å². The summed E-state index contributed by atoms with van der Waals surface area (Å²) in [5, 5.41) is 2.34. The molecule has 0 amide bonds. The van der Waals surface area contributed by atoms with Crippen molar-refractivity contribution in [3.8, 4) is 11.5 Å². The smallest absolute Gasteiger partial charge is 0.143 e. The van der Waals surface area contributed by atoms with Crippen LogP contribution in [0.4, 0.5) is 11.4 Å². The monoisotopic (exact) mass is 334 g/mol. The van der Waals surface area contributed by atoms with E-state index in [2.05, 4.69) is 30.0 Å². The molecule has 0 aromatic heterocycles. The van der Waals surface area contributed by atoms with Crippen LogP contribution in [0, 0.1) is 0 Å². The van der Waals surface area contributed by atoms with Crippen LogP contribution in [-0.4, -0.2) is 25.8 Å².